The monoisotopic (exact) mass is 284 g/mol. The molecule has 0 aliphatic carbocycles. The zero-order valence-electron chi connectivity index (χ0n) is 12.5. The van der Waals surface area contributed by atoms with Crippen LogP contribution in [0.1, 0.15) is 42.0 Å². The van der Waals surface area contributed by atoms with Crippen molar-refractivity contribution >= 4 is 17.4 Å². The van der Waals surface area contributed by atoms with E-state index in [-0.39, 0.29) is 11.7 Å². The molecule has 0 saturated carbocycles. The minimum absolute atomic E-state index is 0.0157. The van der Waals surface area contributed by atoms with Crippen LogP contribution in [0.25, 0.3) is 0 Å². The zero-order chi connectivity index (χ0) is 14.4. The molecular formula is C15H25ClN2O. The highest BCUT2D eigenvalue weighted by Crippen LogP contribution is 2.16. The number of likely N-dealkylation sites (N-methyl/N-ethyl adjacent to an activating group) is 1. The third-order valence-corrected chi connectivity index (χ3v) is 3.87. The van der Waals surface area contributed by atoms with E-state index in [1.165, 1.54) is 6.42 Å². The second-order valence-electron chi connectivity index (χ2n) is 4.93. The summed E-state index contributed by atoms with van der Waals surface area (Å²) in [5, 5.41) is 0. The van der Waals surface area contributed by atoms with Crippen LogP contribution in [0.4, 0.5) is 0 Å². The summed E-state index contributed by atoms with van der Waals surface area (Å²) in [5.41, 5.74) is 2.94. The normalized spacial score (nSPS) is 11.3. The van der Waals surface area contributed by atoms with Gasteiger partial charge in [0, 0.05) is 30.0 Å². The predicted octanol–water partition coefficient (Wildman–Crippen LogP) is 3.26. The number of rotatable bonds is 8. The average molecular weight is 285 g/mol. The fraction of sp³-hybridized carbons (Fsp3) is 0.667. The number of ketones is 1. The molecule has 0 amide bonds. The lowest BCUT2D eigenvalue weighted by molar-refractivity contribution is 0.102. The Hall–Kier alpha value is -0.800. The van der Waals surface area contributed by atoms with Crippen LogP contribution in [0.3, 0.4) is 0 Å². The highest BCUT2D eigenvalue weighted by Gasteiger charge is 2.15. The molecule has 0 saturated heterocycles. The van der Waals surface area contributed by atoms with Crippen molar-refractivity contribution in [1.29, 1.82) is 0 Å². The van der Waals surface area contributed by atoms with Crippen molar-refractivity contribution in [2.75, 3.05) is 25.5 Å². The Morgan fingerprint density at radius 3 is 2.53 bits per heavy atom. The van der Waals surface area contributed by atoms with Gasteiger partial charge in [-0.1, -0.05) is 13.8 Å². The summed E-state index contributed by atoms with van der Waals surface area (Å²) in [6, 6.07) is 1.95. The molecule has 0 spiro atoms. The summed E-state index contributed by atoms with van der Waals surface area (Å²) in [6.07, 6.45) is 1.17. The lowest BCUT2D eigenvalue weighted by Gasteiger charge is -2.21. The van der Waals surface area contributed by atoms with Crippen LogP contribution in [0.2, 0.25) is 0 Å². The van der Waals surface area contributed by atoms with Crippen molar-refractivity contribution in [3.8, 4) is 0 Å². The third kappa shape index (κ3) is 4.08. The number of aryl methyl sites for hydroxylation is 1. The topological polar surface area (TPSA) is 25.2 Å². The van der Waals surface area contributed by atoms with E-state index < -0.39 is 0 Å². The van der Waals surface area contributed by atoms with Crippen molar-refractivity contribution in [1.82, 2.24) is 9.47 Å². The van der Waals surface area contributed by atoms with E-state index in [4.69, 9.17) is 11.6 Å². The number of nitrogens with zero attached hydrogens (tertiary/aromatic N) is 2. The minimum atomic E-state index is 0.0157. The van der Waals surface area contributed by atoms with Gasteiger partial charge in [0.15, 0.2) is 5.78 Å². The fourth-order valence-electron chi connectivity index (χ4n) is 2.49. The van der Waals surface area contributed by atoms with Gasteiger partial charge in [0.25, 0.3) is 0 Å². The molecule has 3 nitrogen and oxygen atoms in total. The molecule has 1 heterocycles. The highest BCUT2D eigenvalue weighted by atomic mass is 35.5. The molecule has 0 atom stereocenters. The molecule has 0 aliphatic heterocycles. The van der Waals surface area contributed by atoms with Gasteiger partial charge in [0.1, 0.15) is 0 Å². The summed E-state index contributed by atoms with van der Waals surface area (Å²) in [4.78, 5) is 14.2. The number of Topliss-reactive ketones (excluding diaryl/α,β-unsaturated/α-hetero) is 1. The number of carbonyl (C=O) groups excluding carboxylic acids is 1. The van der Waals surface area contributed by atoms with Gasteiger partial charge in [0.2, 0.25) is 0 Å². The molecular weight excluding hydrogens is 260 g/mol. The number of hydrogen-bond acceptors (Lipinski definition) is 2. The fourth-order valence-corrected chi connectivity index (χ4v) is 2.63. The first-order valence-corrected chi connectivity index (χ1v) is 7.56. The lowest BCUT2D eigenvalue weighted by Crippen LogP contribution is -2.28. The Morgan fingerprint density at radius 2 is 2.00 bits per heavy atom. The van der Waals surface area contributed by atoms with E-state index >= 15 is 0 Å². The molecule has 19 heavy (non-hydrogen) atoms. The van der Waals surface area contributed by atoms with E-state index in [0.717, 1.165) is 43.1 Å². The molecule has 0 unspecified atom stereocenters. The molecule has 1 aromatic heterocycles. The van der Waals surface area contributed by atoms with E-state index in [9.17, 15) is 4.79 Å². The second-order valence-corrected chi connectivity index (χ2v) is 5.19. The van der Waals surface area contributed by atoms with Gasteiger partial charge in [-0.05, 0) is 39.4 Å². The van der Waals surface area contributed by atoms with Gasteiger partial charge < -0.3 is 9.47 Å². The van der Waals surface area contributed by atoms with Crippen molar-refractivity contribution in [2.45, 2.75) is 40.7 Å². The number of alkyl halides is 1. The predicted molar refractivity (Wildman–Crippen MR) is 81.4 cm³/mol. The van der Waals surface area contributed by atoms with Crippen LogP contribution in [-0.4, -0.2) is 40.8 Å². The molecule has 0 N–H and O–H groups in total. The van der Waals surface area contributed by atoms with Crippen molar-refractivity contribution in [3.05, 3.63) is 23.0 Å². The number of aromatic nitrogens is 1. The molecule has 4 heteroatoms. The maximum atomic E-state index is 11.7. The van der Waals surface area contributed by atoms with Gasteiger partial charge in [0.05, 0.1) is 5.88 Å². The summed E-state index contributed by atoms with van der Waals surface area (Å²) in [5.74, 6) is 0.0724. The van der Waals surface area contributed by atoms with Crippen LogP contribution < -0.4 is 0 Å². The molecule has 108 valence electrons. The first-order valence-electron chi connectivity index (χ1n) is 7.03. The van der Waals surface area contributed by atoms with E-state index in [1.807, 2.05) is 19.9 Å². The number of halogens is 1. The minimum Gasteiger partial charge on any atom is -0.347 e. The summed E-state index contributed by atoms with van der Waals surface area (Å²) >= 11 is 5.64. The first kappa shape index (κ1) is 16.3. The smallest absolute Gasteiger partial charge is 0.179 e. The maximum Gasteiger partial charge on any atom is 0.179 e. The largest absolute Gasteiger partial charge is 0.347 e. The number of carbonyl (C=O) groups is 1. The molecule has 1 aromatic rings. The quantitative estimate of drug-likeness (QED) is 0.541. The lowest BCUT2D eigenvalue weighted by atomic mass is 10.2. The van der Waals surface area contributed by atoms with Gasteiger partial charge in [-0.3, -0.25) is 4.79 Å². The van der Waals surface area contributed by atoms with Crippen LogP contribution in [-0.2, 0) is 6.54 Å². The Balaban J connectivity index is 2.78. The van der Waals surface area contributed by atoms with E-state index in [1.54, 1.807) is 0 Å². The average Bonchev–Trinajstić information content (AvgIpc) is 2.69. The first-order chi connectivity index (χ1) is 9.04. The van der Waals surface area contributed by atoms with Gasteiger partial charge in [-0.2, -0.15) is 0 Å². The van der Waals surface area contributed by atoms with Gasteiger partial charge in [-0.25, -0.2) is 0 Å². The van der Waals surface area contributed by atoms with Crippen LogP contribution >= 0.6 is 11.6 Å². The molecule has 0 aliphatic rings. The Kier molecular flexibility index (Phi) is 6.59. The molecule has 0 aromatic carbocycles. The molecule has 1 rings (SSSR count). The van der Waals surface area contributed by atoms with E-state index in [0.29, 0.717) is 0 Å². The third-order valence-electron chi connectivity index (χ3n) is 3.62. The van der Waals surface area contributed by atoms with Crippen molar-refractivity contribution < 1.29 is 4.79 Å². The SMILES string of the molecule is CCCN(CC)CCn1c(C)cc(C(=O)CCl)c1C. The van der Waals surface area contributed by atoms with Crippen molar-refractivity contribution in [3.63, 3.8) is 0 Å². The summed E-state index contributed by atoms with van der Waals surface area (Å²) in [7, 11) is 0. The van der Waals surface area contributed by atoms with Crippen LogP contribution in [0.5, 0.6) is 0 Å². The Morgan fingerprint density at radius 1 is 1.32 bits per heavy atom. The summed E-state index contributed by atoms with van der Waals surface area (Å²) < 4.78 is 2.22. The number of hydrogen-bond donors (Lipinski definition) is 0. The summed E-state index contributed by atoms with van der Waals surface area (Å²) in [6.45, 7) is 12.6. The Labute approximate surface area is 121 Å². The van der Waals surface area contributed by atoms with E-state index in [2.05, 4.69) is 23.3 Å². The second kappa shape index (κ2) is 7.71. The van der Waals surface area contributed by atoms with Crippen LogP contribution in [0.15, 0.2) is 6.07 Å². The van der Waals surface area contributed by atoms with Gasteiger partial charge >= 0.3 is 0 Å². The highest BCUT2D eigenvalue weighted by molar-refractivity contribution is 6.30. The standard InChI is InChI=1S/C15H25ClN2O/c1-5-7-17(6-2)8-9-18-12(3)10-14(13(18)4)15(19)11-16/h10H,5-9,11H2,1-4H3. The molecule has 0 bridgehead atoms. The molecule has 0 radical (unpaired) electrons. The van der Waals surface area contributed by atoms with Crippen molar-refractivity contribution in [2.24, 2.45) is 0 Å². The molecule has 0 fully saturated rings. The van der Waals surface area contributed by atoms with Gasteiger partial charge in [-0.15, -0.1) is 11.6 Å². The van der Waals surface area contributed by atoms with Crippen LogP contribution in [0, 0.1) is 13.8 Å². The zero-order valence-corrected chi connectivity index (χ0v) is 13.3. The Bertz CT molecular complexity index is 426. The maximum absolute atomic E-state index is 11.7.